The van der Waals surface area contributed by atoms with Gasteiger partial charge < -0.3 is 10.2 Å². The lowest BCUT2D eigenvalue weighted by Crippen LogP contribution is -3.05. The highest BCUT2D eigenvalue weighted by Crippen LogP contribution is 2.41. The van der Waals surface area contributed by atoms with Crippen molar-refractivity contribution in [2.75, 3.05) is 32.5 Å². The minimum Gasteiger partial charge on any atom is -0.369 e. The SMILES string of the molecule is CCCCc1nc2sc3c(NCCC[NH+](C)C)ncnc3c2c2c1CCC2. The van der Waals surface area contributed by atoms with Gasteiger partial charge in [0.25, 0.3) is 0 Å². The predicted octanol–water partition coefficient (Wildman–Crippen LogP) is 3.02. The van der Waals surface area contributed by atoms with Crippen LogP contribution in [-0.2, 0) is 19.3 Å². The van der Waals surface area contributed by atoms with E-state index in [1.165, 1.54) is 57.5 Å². The third-order valence-electron chi connectivity index (χ3n) is 5.47. The Morgan fingerprint density at radius 1 is 1.15 bits per heavy atom. The standard InChI is InChI=1S/C21H29N5S/c1-4-5-10-16-14-8-6-9-15(14)17-18-19(27-21(17)25-16)20(24-13-23-18)22-11-7-12-26(2)3/h13H,4-12H2,1-3H3,(H,22,23,24)/p+1. The van der Waals surface area contributed by atoms with E-state index in [0.29, 0.717) is 0 Å². The molecule has 0 spiro atoms. The molecule has 4 rings (SSSR count). The number of aromatic nitrogens is 3. The lowest BCUT2D eigenvalue weighted by Gasteiger charge is -2.09. The quantitative estimate of drug-likeness (QED) is 0.586. The number of aryl methyl sites for hydroxylation is 2. The lowest BCUT2D eigenvalue weighted by atomic mass is 10.0. The highest BCUT2D eigenvalue weighted by molar-refractivity contribution is 7.26. The molecule has 2 N–H and O–H groups in total. The van der Waals surface area contributed by atoms with Crippen LogP contribution >= 0.6 is 11.3 Å². The summed E-state index contributed by atoms with van der Waals surface area (Å²) in [4.78, 5) is 16.9. The molecule has 0 radical (unpaired) electrons. The number of anilines is 1. The topological polar surface area (TPSA) is 55.1 Å². The van der Waals surface area contributed by atoms with Gasteiger partial charge in [0, 0.05) is 24.0 Å². The first-order valence-corrected chi connectivity index (χ1v) is 11.1. The molecule has 3 aromatic heterocycles. The molecular weight excluding hydrogens is 354 g/mol. The maximum absolute atomic E-state index is 5.10. The molecule has 5 nitrogen and oxygen atoms in total. The molecule has 1 aliphatic rings. The molecular formula is C21H30N5S+. The van der Waals surface area contributed by atoms with Crippen molar-refractivity contribution in [3.8, 4) is 0 Å². The number of fused-ring (bicyclic) bond motifs is 5. The minimum atomic E-state index is 0.943. The van der Waals surface area contributed by atoms with Crippen molar-refractivity contribution in [3.63, 3.8) is 0 Å². The van der Waals surface area contributed by atoms with Crippen molar-refractivity contribution in [3.05, 3.63) is 23.1 Å². The van der Waals surface area contributed by atoms with Gasteiger partial charge in [-0.3, -0.25) is 0 Å². The summed E-state index contributed by atoms with van der Waals surface area (Å²) in [5, 5.41) is 4.84. The zero-order valence-corrected chi connectivity index (χ0v) is 17.5. The molecule has 0 saturated carbocycles. The smallest absolute Gasteiger partial charge is 0.147 e. The number of nitrogens with zero attached hydrogens (tertiary/aromatic N) is 3. The molecule has 0 aromatic carbocycles. The van der Waals surface area contributed by atoms with Crippen LogP contribution < -0.4 is 10.2 Å². The van der Waals surface area contributed by atoms with Crippen molar-refractivity contribution in [2.24, 2.45) is 0 Å². The molecule has 0 amide bonds. The number of hydrogen-bond acceptors (Lipinski definition) is 5. The molecule has 0 aliphatic heterocycles. The van der Waals surface area contributed by atoms with E-state index in [1.807, 2.05) is 0 Å². The van der Waals surface area contributed by atoms with Gasteiger partial charge in [0.05, 0.1) is 30.9 Å². The predicted molar refractivity (Wildman–Crippen MR) is 114 cm³/mol. The Labute approximate surface area is 165 Å². The van der Waals surface area contributed by atoms with Crippen LogP contribution in [0.4, 0.5) is 5.82 Å². The monoisotopic (exact) mass is 384 g/mol. The molecule has 0 fully saturated rings. The van der Waals surface area contributed by atoms with Gasteiger partial charge in [0.2, 0.25) is 0 Å². The Hall–Kier alpha value is -1.79. The largest absolute Gasteiger partial charge is 0.369 e. The Bertz CT molecular complexity index is 947. The van der Waals surface area contributed by atoms with E-state index >= 15 is 0 Å². The van der Waals surface area contributed by atoms with Gasteiger partial charge in [-0.1, -0.05) is 13.3 Å². The molecule has 1 aliphatic carbocycles. The number of unbranched alkanes of at least 4 members (excludes halogenated alkanes) is 1. The van der Waals surface area contributed by atoms with Crippen LogP contribution in [0.15, 0.2) is 6.33 Å². The number of pyridine rings is 1. The van der Waals surface area contributed by atoms with Crippen LogP contribution in [0.25, 0.3) is 20.4 Å². The van der Waals surface area contributed by atoms with Gasteiger partial charge in [0.1, 0.15) is 17.0 Å². The number of nitrogens with one attached hydrogen (secondary N) is 2. The minimum absolute atomic E-state index is 0.943. The zero-order chi connectivity index (χ0) is 18.8. The van der Waals surface area contributed by atoms with E-state index in [4.69, 9.17) is 4.98 Å². The first-order valence-electron chi connectivity index (χ1n) is 10.3. The highest BCUT2D eigenvalue weighted by Gasteiger charge is 2.23. The van der Waals surface area contributed by atoms with Gasteiger partial charge in [-0.15, -0.1) is 11.3 Å². The zero-order valence-electron chi connectivity index (χ0n) is 16.7. The first-order chi connectivity index (χ1) is 13.2. The molecule has 0 atom stereocenters. The van der Waals surface area contributed by atoms with Crippen LogP contribution in [-0.4, -0.2) is 42.1 Å². The second kappa shape index (κ2) is 8.07. The van der Waals surface area contributed by atoms with Crippen molar-refractivity contribution in [1.82, 2.24) is 15.0 Å². The third-order valence-corrected chi connectivity index (χ3v) is 6.55. The summed E-state index contributed by atoms with van der Waals surface area (Å²) in [6, 6.07) is 0. The van der Waals surface area contributed by atoms with Crippen LogP contribution in [0.2, 0.25) is 0 Å². The van der Waals surface area contributed by atoms with Crippen LogP contribution in [0.3, 0.4) is 0 Å². The molecule has 0 saturated heterocycles. The fourth-order valence-electron chi connectivity index (χ4n) is 4.10. The summed E-state index contributed by atoms with van der Waals surface area (Å²) in [7, 11) is 4.38. The van der Waals surface area contributed by atoms with E-state index in [-0.39, 0.29) is 0 Å². The fourth-order valence-corrected chi connectivity index (χ4v) is 5.25. The van der Waals surface area contributed by atoms with Crippen LogP contribution in [0.1, 0.15) is 49.4 Å². The van der Waals surface area contributed by atoms with Crippen LogP contribution in [0.5, 0.6) is 0 Å². The average Bonchev–Trinajstić information content (AvgIpc) is 3.27. The average molecular weight is 385 g/mol. The summed E-state index contributed by atoms with van der Waals surface area (Å²) < 4.78 is 1.17. The van der Waals surface area contributed by atoms with Gasteiger partial charge in [0.15, 0.2) is 0 Å². The second-order valence-electron chi connectivity index (χ2n) is 7.89. The molecule has 3 aromatic rings. The van der Waals surface area contributed by atoms with Crippen molar-refractivity contribution in [1.29, 1.82) is 0 Å². The number of rotatable bonds is 8. The first kappa shape index (κ1) is 18.6. The summed E-state index contributed by atoms with van der Waals surface area (Å²) in [5.41, 5.74) is 5.45. The van der Waals surface area contributed by atoms with Crippen molar-refractivity contribution >= 4 is 37.6 Å². The molecule has 27 heavy (non-hydrogen) atoms. The fraction of sp³-hybridized carbons (Fsp3) is 0.571. The van der Waals surface area contributed by atoms with Gasteiger partial charge in [-0.05, 0) is 43.2 Å². The third kappa shape index (κ3) is 3.65. The van der Waals surface area contributed by atoms with Gasteiger partial charge in [-0.25, -0.2) is 15.0 Å². The molecule has 0 bridgehead atoms. The Morgan fingerprint density at radius 3 is 2.81 bits per heavy atom. The van der Waals surface area contributed by atoms with E-state index in [2.05, 4.69) is 36.3 Å². The Morgan fingerprint density at radius 2 is 2.00 bits per heavy atom. The Kier molecular flexibility index (Phi) is 5.55. The summed E-state index contributed by atoms with van der Waals surface area (Å²) in [6.45, 7) is 4.35. The molecule has 144 valence electrons. The van der Waals surface area contributed by atoms with Gasteiger partial charge in [-0.2, -0.15) is 0 Å². The molecule has 0 unspecified atom stereocenters. The highest BCUT2D eigenvalue weighted by atomic mass is 32.1. The van der Waals surface area contributed by atoms with Crippen molar-refractivity contribution in [2.45, 2.75) is 51.9 Å². The van der Waals surface area contributed by atoms with Gasteiger partial charge >= 0.3 is 0 Å². The molecule has 6 heteroatoms. The number of thiophene rings is 1. The normalized spacial score (nSPS) is 13.8. The van der Waals surface area contributed by atoms with Crippen LogP contribution in [0, 0.1) is 0 Å². The van der Waals surface area contributed by atoms with E-state index < -0.39 is 0 Å². The number of quaternary nitrogens is 1. The molecule has 3 heterocycles. The van der Waals surface area contributed by atoms with E-state index in [1.54, 1.807) is 17.7 Å². The second-order valence-corrected chi connectivity index (χ2v) is 8.89. The maximum Gasteiger partial charge on any atom is 0.147 e. The summed E-state index contributed by atoms with van der Waals surface area (Å²) >= 11 is 1.76. The maximum atomic E-state index is 5.10. The van der Waals surface area contributed by atoms with E-state index in [0.717, 1.165) is 48.5 Å². The summed E-state index contributed by atoms with van der Waals surface area (Å²) in [6.07, 6.45) is 9.97. The van der Waals surface area contributed by atoms with E-state index in [9.17, 15) is 0 Å². The Balaban J connectivity index is 1.73. The van der Waals surface area contributed by atoms with Crippen molar-refractivity contribution < 1.29 is 4.90 Å². The summed E-state index contributed by atoms with van der Waals surface area (Å²) in [5.74, 6) is 0.971. The lowest BCUT2D eigenvalue weighted by molar-refractivity contribution is -0.858. The number of hydrogen-bond donors (Lipinski definition) is 2.